The largest absolute Gasteiger partial charge is 0.310 e. The monoisotopic (exact) mass is 285 g/mol. The number of rotatable bonds is 4. The van der Waals surface area contributed by atoms with Crippen LogP contribution in [0.3, 0.4) is 0 Å². The molecule has 0 aliphatic heterocycles. The number of nitrogens with one attached hydrogen (secondary N) is 1. The van der Waals surface area contributed by atoms with Crippen LogP contribution in [0.4, 0.5) is 0 Å². The van der Waals surface area contributed by atoms with E-state index in [4.69, 9.17) is 11.6 Å². The number of hydrogen-bond acceptors (Lipinski definition) is 1. The first-order valence-corrected chi connectivity index (χ1v) is 7.71. The van der Waals surface area contributed by atoms with Crippen molar-refractivity contribution in [3.8, 4) is 0 Å². The topological polar surface area (TPSA) is 12.0 Å². The molecule has 1 N–H and O–H groups in total. The lowest BCUT2D eigenvalue weighted by atomic mass is 9.90. The second-order valence-corrected chi connectivity index (χ2v) is 5.96. The number of halogens is 1. The average Bonchev–Trinajstić information content (AvgIpc) is 2.88. The maximum absolute atomic E-state index is 6.16. The predicted octanol–water partition coefficient (Wildman–Crippen LogP) is 4.41. The van der Waals surface area contributed by atoms with Crippen molar-refractivity contribution in [3.63, 3.8) is 0 Å². The molecule has 0 heterocycles. The minimum absolute atomic E-state index is 0.381. The van der Waals surface area contributed by atoms with Crippen LogP contribution in [0.1, 0.15) is 29.7 Å². The summed E-state index contributed by atoms with van der Waals surface area (Å²) in [4.78, 5) is 0. The van der Waals surface area contributed by atoms with E-state index in [0.717, 1.165) is 24.4 Å². The Morgan fingerprint density at radius 1 is 1.10 bits per heavy atom. The van der Waals surface area contributed by atoms with Crippen LogP contribution < -0.4 is 5.32 Å². The second-order valence-electron chi connectivity index (χ2n) is 5.53. The predicted molar refractivity (Wildman–Crippen MR) is 85.2 cm³/mol. The Bertz CT molecular complexity index is 568. The fraction of sp³-hybridized carbons (Fsp3) is 0.333. The van der Waals surface area contributed by atoms with Gasteiger partial charge in [-0.2, -0.15) is 0 Å². The molecule has 2 heteroatoms. The van der Waals surface area contributed by atoms with Crippen LogP contribution in [0.15, 0.2) is 48.5 Å². The third-order valence-electron chi connectivity index (χ3n) is 4.19. The molecule has 104 valence electrons. The Kier molecular flexibility index (Phi) is 4.09. The summed E-state index contributed by atoms with van der Waals surface area (Å²) in [5.41, 5.74) is 4.31. The molecular formula is C18H20ClN. The molecule has 1 unspecified atom stereocenters. The van der Waals surface area contributed by atoms with Crippen molar-refractivity contribution in [2.75, 3.05) is 6.54 Å². The Labute approximate surface area is 126 Å². The molecule has 0 spiro atoms. The van der Waals surface area contributed by atoms with Gasteiger partial charge in [-0.3, -0.25) is 0 Å². The Morgan fingerprint density at radius 3 is 2.40 bits per heavy atom. The van der Waals surface area contributed by atoms with E-state index in [1.165, 1.54) is 16.7 Å². The molecule has 0 radical (unpaired) electrons. The smallest absolute Gasteiger partial charge is 0.0409 e. The first-order valence-electron chi connectivity index (χ1n) is 7.33. The van der Waals surface area contributed by atoms with E-state index in [1.54, 1.807) is 0 Å². The summed E-state index contributed by atoms with van der Waals surface area (Å²) in [6.07, 6.45) is 2.31. The number of fused-ring (bicyclic) bond motifs is 1. The molecule has 1 atom stereocenters. The average molecular weight is 286 g/mol. The van der Waals surface area contributed by atoms with Gasteiger partial charge in [-0.1, -0.05) is 54.9 Å². The fourth-order valence-corrected chi connectivity index (χ4v) is 3.50. The lowest BCUT2D eigenvalue weighted by Gasteiger charge is -2.25. The minimum atomic E-state index is 0.381. The van der Waals surface area contributed by atoms with Crippen LogP contribution >= 0.6 is 11.6 Å². The quantitative estimate of drug-likeness (QED) is 0.878. The number of hydrogen-bond donors (Lipinski definition) is 1. The Hall–Kier alpha value is -1.31. The van der Waals surface area contributed by atoms with Gasteiger partial charge in [-0.15, -0.1) is 0 Å². The van der Waals surface area contributed by atoms with E-state index in [2.05, 4.69) is 48.6 Å². The molecule has 0 amide bonds. The SMILES string of the molecule is CCNC(c1cccc(Cl)c1)C1Cc2ccccc2C1. The Balaban J connectivity index is 1.86. The van der Waals surface area contributed by atoms with Gasteiger partial charge < -0.3 is 5.32 Å². The molecule has 1 aliphatic rings. The summed E-state index contributed by atoms with van der Waals surface area (Å²) in [7, 11) is 0. The molecule has 2 aromatic rings. The van der Waals surface area contributed by atoms with E-state index in [9.17, 15) is 0 Å². The van der Waals surface area contributed by atoms with Crippen molar-refractivity contribution in [2.24, 2.45) is 5.92 Å². The molecule has 0 fully saturated rings. The van der Waals surface area contributed by atoms with Gasteiger partial charge in [0.05, 0.1) is 0 Å². The van der Waals surface area contributed by atoms with Gasteiger partial charge in [0.25, 0.3) is 0 Å². The van der Waals surface area contributed by atoms with Crippen molar-refractivity contribution >= 4 is 11.6 Å². The maximum Gasteiger partial charge on any atom is 0.0409 e. The van der Waals surface area contributed by atoms with Crippen LogP contribution in [-0.2, 0) is 12.8 Å². The fourth-order valence-electron chi connectivity index (χ4n) is 3.31. The Morgan fingerprint density at radius 2 is 1.80 bits per heavy atom. The zero-order valence-corrected chi connectivity index (χ0v) is 12.5. The van der Waals surface area contributed by atoms with Crippen LogP contribution in [0.2, 0.25) is 5.02 Å². The maximum atomic E-state index is 6.16. The van der Waals surface area contributed by atoms with Crippen LogP contribution in [-0.4, -0.2) is 6.54 Å². The summed E-state index contributed by atoms with van der Waals surface area (Å²) >= 11 is 6.16. The summed E-state index contributed by atoms with van der Waals surface area (Å²) in [6, 6.07) is 17.5. The summed E-state index contributed by atoms with van der Waals surface area (Å²) < 4.78 is 0. The number of benzene rings is 2. The van der Waals surface area contributed by atoms with Gasteiger partial charge in [-0.25, -0.2) is 0 Å². The lowest BCUT2D eigenvalue weighted by molar-refractivity contribution is 0.380. The summed E-state index contributed by atoms with van der Waals surface area (Å²) in [5.74, 6) is 0.616. The van der Waals surface area contributed by atoms with Crippen molar-refractivity contribution in [2.45, 2.75) is 25.8 Å². The summed E-state index contributed by atoms with van der Waals surface area (Å²) in [6.45, 7) is 3.14. The molecule has 0 bridgehead atoms. The first kappa shape index (κ1) is 13.7. The molecule has 0 aromatic heterocycles. The highest BCUT2D eigenvalue weighted by Crippen LogP contribution is 2.35. The van der Waals surface area contributed by atoms with Crippen molar-refractivity contribution < 1.29 is 0 Å². The zero-order chi connectivity index (χ0) is 13.9. The third-order valence-corrected chi connectivity index (χ3v) is 4.42. The molecule has 1 nitrogen and oxygen atoms in total. The molecule has 20 heavy (non-hydrogen) atoms. The molecule has 2 aromatic carbocycles. The third kappa shape index (κ3) is 2.74. The van der Waals surface area contributed by atoms with Gasteiger partial charge >= 0.3 is 0 Å². The van der Waals surface area contributed by atoms with E-state index in [1.807, 2.05) is 12.1 Å². The molecular weight excluding hydrogens is 266 g/mol. The van der Waals surface area contributed by atoms with Gasteiger partial charge in [0.1, 0.15) is 0 Å². The molecule has 0 saturated carbocycles. The first-order chi connectivity index (χ1) is 9.78. The molecule has 1 aliphatic carbocycles. The lowest BCUT2D eigenvalue weighted by Crippen LogP contribution is -2.28. The summed E-state index contributed by atoms with van der Waals surface area (Å²) in [5, 5.41) is 4.46. The van der Waals surface area contributed by atoms with Gasteiger partial charge in [0, 0.05) is 11.1 Å². The van der Waals surface area contributed by atoms with E-state index < -0.39 is 0 Å². The van der Waals surface area contributed by atoms with E-state index in [0.29, 0.717) is 12.0 Å². The molecule has 3 rings (SSSR count). The van der Waals surface area contributed by atoms with Crippen molar-refractivity contribution in [3.05, 3.63) is 70.2 Å². The van der Waals surface area contributed by atoms with Gasteiger partial charge in [0.2, 0.25) is 0 Å². The van der Waals surface area contributed by atoms with E-state index >= 15 is 0 Å². The van der Waals surface area contributed by atoms with Crippen molar-refractivity contribution in [1.82, 2.24) is 5.32 Å². The van der Waals surface area contributed by atoms with Gasteiger partial charge in [0.15, 0.2) is 0 Å². The zero-order valence-electron chi connectivity index (χ0n) is 11.8. The molecule has 0 saturated heterocycles. The highest BCUT2D eigenvalue weighted by Gasteiger charge is 2.29. The highest BCUT2D eigenvalue weighted by molar-refractivity contribution is 6.30. The van der Waals surface area contributed by atoms with Gasteiger partial charge in [-0.05, 0) is 54.1 Å². The second kappa shape index (κ2) is 5.99. The van der Waals surface area contributed by atoms with E-state index in [-0.39, 0.29) is 0 Å². The van der Waals surface area contributed by atoms with Crippen LogP contribution in [0.5, 0.6) is 0 Å². The highest BCUT2D eigenvalue weighted by atomic mass is 35.5. The standard InChI is InChI=1S/C18H20ClN/c1-2-20-18(15-8-5-9-17(19)12-15)16-10-13-6-3-4-7-14(13)11-16/h3-9,12,16,18,20H,2,10-11H2,1H3. The van der Waals surface area contributed by atoms with Crippen LogP contribution in [0, 0.1) is 5.92 Å². The normalized spacial score (nSPS) is 16.1. The van der Waals surface area contributed by atoms with Crippen molar-refractivity contribution in [1.29, 1.82) is 0 Å². The minimum Gasteiger partial charge on any atom is -0.310 e. The van der Waals surface area contributed by atoms with Crippen LogP contribution in [0.25, 0.3) is 0 Å².